The third-order valence-corrected chi connectivity index (χ3v) is 5.89. The van der Waals surface area contributed by atoms with Gasteiger partial charge in [-0.15, -0.1) is 0 Å². The van der Waals surface area contributed by atoms with Crippen molar-refractivity contribution in [2.45, 2.75) is 103 Å². The van der Waals surface area contributed by atoms with Gasteiger partial charge < -0.3 is 4.74 Å². The van der Waals surface area contributed by atoms with Crippen LogP contribution in [0, 0.1) is 0 Å². The fraction of sp³-hybridized carbons (Fsp3) is 0.739. The van der Waals surface area contributed by atoms with Crippen LogP contribution in [0.25, 0.3) is 0 Å². The number of likely N-dealkylation sites (tertiary alicyclic amines) is 1. The minimum atomic E-state index is -0.506. The third-order valence-electron chi connectivity index (χ3n) is 5.89. The van der Waals surface area contributed by atoms with Gasteiger partial charge in [-0.1, -0.05) is 25.3 Å². The lowest BCUT2D eigenvalue weighted by Crippen LogP contribution is -2.43. The van der Waals surface area contributed by atoms with Crippen LogP contribution in [0.4, 0.5) is 10.6 Å². The van der Waals surface area contributed by atoms with Gasteiger partial charge in [0, 0.05) is 24.3 Å². The fourth-order valence-corrected chi connectivity index (χ4v) is 4.57. The van der Waals surface area contributed by atoms with Crippen LogP contribution in [-0.4, -0.2) is 40.2 Å². The molecular weight excluding hydrogens is 350 g/mol. The van der Waals surface area contributed by atoms with Gasteiger partial charge in [0.1, 0.15) is 11.4 Å². The zero-order valence-corrected chi connectivity index (χ0v) is 18.3. The van der Waals surface area contributed by atoms with E-state index in [1.54, 1.807) is 4.90 Å². The summed E-state index contributed by atoms with van der Waals surface area (Å²) < 4.78 is 5.70. The molecule has 1 aliphatic heterocycles. The zero-order valence-electron chi connectivity index (χ0n) is 18.3. The van der Waals surface area contributed by atoms with Gasteiger partial charge in [0.05, 0.1) is 0 Å². The lowest BCUT2D eigenvalue weighted by atomic mass is 9.95. The number of hydrogen-bond donors (Lipinski definition) is 0. The van der Waals surface area contributed by atoms with Gasteiger partial charge in [0.25, 0.3) is 0 Å². The van der Waals surface area contributed by atoms with E-state index in [2.05, 4.69) is 24.8 Å². The van der Waals surface area contributed by atoms with Crippen molar-refractivity contribution in [2.24, 2.45) is 0 Å². The third kappa shape index (κ3) is 5.05. The summed E-state index contributed by atoms with van der Waals surface area (Å²) in [6.45, 7) is 11.4. The van der Waals surface area contributed by atoms with Gasteiger partial charge in [0.15, 0.2) is 0 Å². The maximum Gasteiger partial charge on any atom is 0.416 e. The SMILES string of the molecule is CC(C)N1CCCC[C@@H]1c1ccc(N(C(=O)OC(C)(C)C)C2CCCC2)nc1. The highest BCUT2D eigenvalue weighted by molar-refractivity contribution is 5.87. The number of ether oxygens (including phenoxy) is 1. The zero-order chi connectivity index (χ0) is 20.3. The van der Waals surface area contributed by atoms with Crippen molar-refractivity contribution >= 4 is 11.9 Å². The molecule has 1 aromatic heterocycles. The molecule has 156 valence electrons. The molecule has 0 spiro atoms. The molecule has 0 radical (unpaired) electrons. The highest BCUT2D eigenvalue weighted by atomic mass is 16.6. The molecular formula is C23H37N3O2. The number of anilines is 1. The molecule has 0 bridgehead atoms. The normalized spacial score (nSPS) is 21.9. The van der Waals surface area contributed by atoms with Gasteiger partial charge in [-0.3, -0.25) is 9.80 Å². The van der Waals surface area contributed by atoms with Gasteiger partial charge in [-0.05, 0) is 78.5 Å². The van der Waals surface area contributed by atoms with Crippen molar-refractivity contribution in [2.75, 3.05) is 11.4 Å². The number of hydrogen-bond acceptors (Lipinski definition) is 4. The molecule has 3 rings (SSSR count). The molecule has 2 aliphatic rings. The summed E-state index contributed by atoms with van der Waals surface area (Å²) in [6.07, 6.45) is 9.78. The van der Waals surface area contributed by atoms with E-state index < -0.39 is 5.60 Å². The Labute approximate surface area is 170 Å². The number of piperidine rings is 1. The highest BCUT2D eigenvalue weighted by Crippen LogP contribution is 2.34. The molecule has 2 heterocycles. The molecule has 0 aromatic carbocycles. The summed E-state index contributed by atoms with van der Waals surface area (Å²) in [5.74, 6) is 0.719. The predicted octanol–water partition coefficient (Wildman–Crippen LogP) is 5.70. The number of aromatic nitrogens is 1. The van der Waals surface area contributed by atoms with E-state index in [-0.39, 0.29) is 12.1 Å². The van der Waals surface area contributed by atoms with Crippen molar-refractivity contribution < 1.29 is 9.53 Å². The second-order valence-electron chi connectivity index (χ2n) is 9.58. The molecule has 1 atom stereocenters. The van der Waals surface area contributed by atoms with Crippen molar-refractivity contribution in [3.8, 4) is 0 Å². The molecule has 1 saturated heterocycles. The van der Waals surface area contributed by atoms with E-state index in [0.29, 0.717) is 12.1 Å². The molecule has 2 fully saturated rings. The standard InChI is InChI=1S/C23H37N3O2/c1-17(2)25-15-9-8-12-20(25)18-13-14-21(24-16-18)26(19-10-6-7-11-19)22(27)28-23(3,4)5/h13-14,16-17,19-20H,6-12,15H2,1-5H3/t20-/m1/s1. The summed E-state index contributed by atoms with van der Waals surface area (Å²) in [6, 6.07) is 5.33. The molecule has 1 amide bonds. The maximum atomic E-state index is 12.9. The largest absolute Gasteiger partial charge is 0.443 e. The van der Waals surface area contributed by atoms with Crippen LogP contribution in [0.15, 0.2) is 18.3 Å². The minimum Gasteiger partial charge on any atom is -0.443 e. The molecule has 0 unspecified atom stereocenters. The smallest absolute Gasteiger partial charge is 0.416 e. The summed E-state index contributed by atoms with van der Waals surface area (Å²) in [7, 11) is 0. The number of nitrogens with zero attached hydrogens (tertiary/aromatic N) is 3. The predicted molar refractivity (Wildman–Crippen MR) is 114 cm³/mol. The van der Waals surface area contributed by atoms with Crippen molar-refractivity contribution in [3.63, 3.8) is 0 Å². The number of carbonyl (C=O) groups is 1. The lowest BCUT2D eigenvalue weighted by Gasteiger charge is -2.39. The number of rotatable bonds is 4. The average molecular weight is 388 g/mol. The summed E-state index contributed by atoms with van der Waals surface area (Å²) in [5.41, 5.74) is 0.751. The van der Waals surface area contributed by atoms with Crippen LogP contribution in [0.5, 0.6) is 0 Å². The molecule has 1 saturated carbocycles. The summed E-state index contributed by atoms with van der Waals surface area (Å²) in [4.78, 5) is 22.0. The second-order valence-corrected chi connectivity index (χ2v) is 9.58. The van der Waals surface area contributed by atoms with Crippen molar-refractivity contribution in [3.05, 3.63) is 23.9 Å². The maximum absolute atomic E-state index is 12.9. The topological polar surface area (TPSA) is 45.7 Å². The van der Waals surface area contributed by atoms with Crippen molar-refractivity contribution in [1.82, 2.24) is 9.88 Å². The van der Waals surface area contributed by atoms with Crippen LogP contribution in [0.2, 0.25) is 0 Å². The van der Waals surface area contributed by atoms with Gasteiger partial charge >= 0.3 is 6.09 Å². The second kappa shape index (κ2) is 8.81. The summed E-state index contributed by atoms with van der Waals surface area (Å²) >= 11 is 0. The quantitative estimate of drug-likeness (QED) is 0.665. The minimum absolute atomic E-state index is 0.190. The van der Waals surface area contributed by atoms with E-state index >= 15 is 0 Å². The number of carbonyl (C=O) groups excluding carboxylic acids is 1. The lowest BCUT2D eigenvalue weighted by molar-refractivity contribution is 0.0564. The molecule has 28 heavy (non-hydrogen) atoms. The number of amides is 1. The van der Waals surface area contributed by atoms with Crippen LogP contribution in [0.1, 0.15) is 91.2 Å². The van der Waals surface area contributed by atoms with Gasteiger partial charge in [0.2, 0.25) is 0 Å². The van der Waals surface area contributed by atoms with E-state index in [1.165, 1.54) is 24.8 Å². The van der Waals surface area contributed by atoms with Gasteiger partial charge in [-0.25, -0.2) is 9.78 Å². The van der Waals surface area contributed by atoms with E-state index in [1.807, 2.05) is 33.0 Å². The monoisotopic (exact) mass is 387 g/mol. The first-order valence-corrected chi connectivity index (χ1v) is 11.0. The Kier molecular flexibility index (Phi) is 6.64. The Balaban J connectivity index is 1.82. The Morgan fingerprint density at radius 2 is 1.82 bits per heavy atom. The first kappa shape index (κ1) is 21.1. The summed E-state index contributed by atoms with van der Waals surface area (Å²) in [5, 5.41) is 0. The van der Waals surface area contributed by atoms with Crippen LogP contribution in [0.3, 0.4) is 0 Å². The molecule has 5 heteroatoms. The molecule has 1 aromatic rings. The fourth-order valence-electron chi connectivity index (χ4n) is 4.57. The average Bonchev–Trinajstić information content (AvgIpc) is 3.15. The van der Waals surface area contributed by atoms with E-state index in [4.69, 9.17) is 9.72 Å². The first-order chi connectivity index (χ1) is 13.3. The Bertz CT molecular complexity index is 645. The van der Waals surface area contributed by atoms with Crippen LogP contribution >= 0.6 is 0 Å². The van der Waals surface area contributed by atoms with E-state index in [0.717, 1.165) is 38.0 Å². The Hall–Kier alpha value is -1.62. The molecule has 1 aliphatic carbocycles. The number of pyridine rings is 1. The van der Waals surface area contributed by atoms with E-state index in [9.17, 15) is 4.79 Å². The van der Waals surface area contributed by atoms with Gasteiger partial charge in [-0.2, -0.15) is 0 Å². The van der Waals surface area contributed by atoms with Crippen LogP contribution in [-0.2, 0) is 4.74 Å². The molecule has 5 nitrogen and oxygen atoms in total. The van der Waals surface area contributed by atoms with Crippen molar-refractivity contribution in [1.29, 1.82) is 0 Å². The highest BCUT2D eigenvalue weighted by Gasteiger charge is 2.33. The Morgan fingerprint density at radius 3 is 2.39 bits per heavy atom. The van der Waals surface area contributed by atoms with Crippen LogP contribution < -0.4 is 4.90 Å². The first-order valence-electron chi connectivity index (χ1n) is 11.0. The Morgan fingerprint density at radius 1 is 1.14 bits per heavy atom. The molecule has 0 N–H and O–H groups in total.